The van der Waals surface area contributed by atoms with Gasteiger partial charge in [-0.05, 0) is 57.2 Å². The maximum Gasteiger partial charge on any atom is 0.355 e. The lowest BCUT2D eigenvalue weighted by Crippen LogP contribution is -2.43. The van der Waals surface area contributed by atoms with Gasteiger partial charge in [0.2, 0.25) is 11.8 Å². The molecule has 0 bridgehead atoms. The van der Waals surface area contributed by atoms with Gasteiger partial charge in [-0.3, -0.25) is 9.59 Å². The predicted molar refractivity (Wildman–Crippen MR) is 122 cm³/mol. The van der Waals surface area contributed by atoms with Gasteiger partial charge >= 0.3 is 5.97 Å². The van der Waals surface area contributed by atoms with E-state index in [0.29, 0.717) is 56.6 Å². The van der Waals surface area contributed by atoms with Crippen molar-refractivity contribution in [3.05, 3.63) is 58.2 Å². The van der Waals surface area contributed by atoms with Crippen LogP contribution < -0.4 is 5.32 Å². The average Bonchev–Trinajstić information content (AvgIpc) is 3.10. The molecule has 33 heavy (non-hydrogen) atoms. The Bertz CT molecular complexity index is 1010. The summed E-state index contributed by atoms with van der Waals surface area (Å²) in [6.45, 7) is 7.03. The van der Waals surface area contributed by atoms with E-state index in [0.717, 1.165) is 16.8 Å². The van der Waals surface area contributed by atoms with Crippen molar-refractivity contribution in [1.29, 1.82) is 0 Å². The van der Waals surface area contributed by atoms with Gasteiger partial charge in [0, 0.05) is 43.2 Å². The first kappa shape index (κ1) is 24.5. The lowest BCUT2D eigenvalue weighted by molar-refractivity contribution is -0.135. The largest absolute Gasteiger partial charge is 0.461 e. The zero-order chi connectivity index (χ0) is 24.0. The van der Waals surface area contributed by atoms with E-state index < -0.39 is 0 Å². The van der Waals surface area contributed by atoms with Crippen LogP contribution in [0.15, 0.2) is 24.3 Å². The number of H-pyrrole nitrogens is 1. The molecular formula is C25H32FN3O4. The minimum absolute atomic E-state index is 0.0397. The summed E-state index contributed by atoms with van der Waals surface area (Å²) in [7, 11) is 0. The van der Waals surface area contributed by atoms with Gasteiger partial charge in [0.1, 0.15) is 11.5 Å². The average molecular weight is 458 g/mol. The van der Waals surface area contributed by atoms with Crippen LogP contribution in [0.2, 0.25) is 0 Å². The highest BCUT2D eigenvalue weighted by atomic mass is 19.1. The minimum atomic E-state index is -0.383. The van der Waals surface area contributed by atoms with Crippen molar-refractivity contribution < 1.29 is 23.5 Å². The number of aryl methyl sites for hydroxylation is 1. The van der Waals surface area contributed by atoms with Gasteiger partial charge < -0.3 is 19.9 Å². The van der Waals surface area contributed by atoms with Crippen molar-refractivity contribution in [3.8, 4) is 0 Å². The second-order valence-electron chi connectivity index (χ2n) is 8.41. The maximum absolute atomic E-state index is 13.7. The van der Waals surface area contributed by atoms with Gasteiger partial charge in [0.05, 0.1) is 6.61 Å². The molecule has 7 nitrogen and oxygen atoms in total. The number of nitrogens with one attached hydrogen (secondary N) is 2. The van der Waals surface area contributed by atoms with Crippen molar-refractivity contribution in [2.45, 2.75) is 53.0 Å². The lowest BCUT2D eigenvalue weighted by atomic mass is 9.95. The molecule has 8 heteroatoms. The van der Waals surface area contributed by atoms with Crippen LogP contribution in [-0.4, -0.2) is 47.4 Å². The fourth-order valence-electron chi connectivity index (χ4n) is 4.32. The molecular weight excluding hydrogens is 425 g/mol. The Labute approximate surface area is 193 Å². The zero-order valence-corrected chi connectivity index (χ0v) is 19.5. The molecule has 0 saturated carbocycles. The number of amides is 2. The first-order valence-electron chi connectivity index (χ1n) is 11.5. The van der Waals surface area contributed by atoms with Gasteiger partial charge in [-0.25, -0.2) is 9.18 Å². The number of ether oxygens (including phenoxy) is 1. The van der Waals surface area contributed by atoms with Gasteiger partial charge in [-0.2, -0.15) is 0 Å². The number of rotatable bonds is 8. The predicted octanol–water partition coefficient (Wildman–Crippen LogP) is 3.43. The number of halogens is 1. The molecule has 1 aromatic carbocycles. The second-order valence-corrected chi connectivity index (χ2v) is 8.41. The molecule has 2 amide bonds. The molecule has 0 spiro atoms. The Morgan fingerprint density at radius 2 is 1.88 bits per heavy atom. The summed E-state index contributed by atoms with van der Waals surface area (Å²) < 4.78 is 18.8. The van der Waals surface area contributed by atoms with Crippen molar-refractivity contribution in [3.63, 3.8) is 0 Å². The third kappa shape index (κ3) is 6.00. The van der Waals surface area contributed by atoms with E-state index in [1.165, 1.54) is 6.07 Å². The Balaban J connectivity index is 1.46. The topological polar surface area (TPSA) is 91.5 Å². The molecule has 1 fully saturated rings. The Morgan fingerprint density at radius 3 is 2.55 bits per heavy atom. The van der Waals surface area contributed by atoms with Crippen molar-refractivity contribution in [1.82, 2.24) is 15.2 Å². The molecule has 0 radical (unpaired) electrons. The molecule has 0 aliphatic carbocycles. The van der Waals surface area contributed by atoms with E-state index in [4.69, 9.17) is 4.74 Å². The van der Waals surface area contributed by atoms with Crippen molar-refractivity contribution >= 4 is 17.8 Å². The van der Waals surface area contributed by atoms with Crippen LogP contribution in [0.1, 0.15) is 59.1 Å². The van der Waals surface area contributed by atoms with Crippen LogP contribution in [0.5, 0.6) is 0 Å². The van der Waals surface area contributed by atoms with E-state index >= 15 is 0 Å². The van der Waals surface area contributed by atoms with Crippen LogP contribution >= 0.6 is 0 Å². The van der Waals surface area contributed by atoms with Gasteiger partial charge in [-0.15, -0.1) is 0 Å². The monoisotopic (exact) mass is 457 g/mol. The summed E-state index contributed by atoms with van der Waals surface area (Å²) in [5.74, 6) is -0.957. The SMILES string of the molecule is CCOC(=O)c1[nH]c(C)c(CCC(=O)N2CCC(C(=O)NCc3ccccc3F)CC2)c1C. The number of aromatic amines is 1. The number of carbonyl (C=O) groups excluding carboxylic acids is 3. The molecule has 3 rings (SSSR count). The van der Waals surface area contributed by atoms with E-state index in [1.807, 2.05) is 13.8 Å². The first-order chi connectivity index (χ1) is 15.8. The highest BCUT2D eigenvalue weighted by Crippen LogP contribution is 2.22. The van der Waals surface area contributed by atoms with E-state index in [2.05, 4.69) is 10.3 Å². The Kier molecular flexibility index (Phi) is 8.25. The van der Waals surface area contributed by atoms with Gasteiger partial charge in [0.15, 0.2) is 0 Å². The van der Waals surface area contributed by atoms with E-state index in [-0.39, 0.29) is 36.1 Å². The maximum atomic E-state index is 13.7. The normalized spacial score (nSPS) is 14.2. The summed E-state index contributed by atoms with van der Waals surface area (Å²) >= 11 is 0. The summed E-state index contributed by atoms with van der Waals surface area (Å²) in [5.41, 5.74) is 3.56. The number of nitrogens with zero attached hydrogens (tertiary/aromatic N) is 1. The molecule has 2 N–H and O–H groups in total. The summed E-state index contributed by atoms with van der Waals surface area (Å²) in [6.07, 6.45) is 2.05. The number of hydrogen-bond donors (Lipinski definition) is 2. The van der Waals surface area contributed by atoms with Crippen LogP contribution in [0.25, 0.3) is 0 Å². The second kappa shape index (κ2) is 11.1. The third-order valence-electron chi connectivity index (χ3n) is 6.29. The molecule has 178 valence electrons. The number of hydrogen-bond acceptors (Lipinski definition) is 4. The number of benzene rings is 1. The molecule has 1 aliphatic rings. The summed E-state index contributed by atoms with van der Waals surface area (Å²) in [4.78, 5) is 42.2. The Hall–Kier alpha value is -3.16. The highest BCUT2D eigenvalue weighted by molar-refractivity contribution is 5.90. The molecule has 0 atom stereocenters. The number of carbonyl (C=O) groups is 3. The van der Waals surface area contributed by atoms with Gasteiger partial charge in [-0.1, -0.05) is 18.2 Å². The van der Waals surface area contributed by atoms with Crippen molar-refractivity contribution in [2.24, 2.45) is 5.92 Å². The molecule has 0 unspecified atom stereocenters. The van der Waals surface area contributed by atoms with Crippen LogP contribution in [0, 0.1) is 25.6 Å². The van der Waals surface area contributed by atoms with E-state index in [9.17, 15) is 18.8 Å². The molecule has 1 saturated heterocycles. The summed E-state index contributed by atoms with van der Waals surface area (Å²) in [5, 5.41) is 2.81. The molecule has 2 aromatic rings. The number of aromatic nitrogens is 1. The van der Waals surface area contributed by atoms with E-state index in [1.54, 1.807) is 30.0 Å². The molecule has 2 heterocycles. The fourth-order valence-corrected chi connectivity index (χ4v) is 4.32. The fraction of sp³-hybridized carbons (Fsp3) is 0.480. The van der Waals surface area contributed by atoms with Crippen LogP contribution in [0.3, 0.4) is 0 Å². The standard InChI is InChI=1S/C25H32FN3O4/c1-4-33-25(32)23-16(2)20(17(3)28-23)9-10-22(30)29-13-11-18(12-14-29)24(31)27-15-19-7-5-6-8-21(19)26/h5-8,18,28H,4,9-15H2,1-3H3,(H,27,31). The smallest absolute Gasteiger partial charge is 0.355 e. The number of piperidine rings is 1. The quantitative estimate of drug-likeness (QED) is 0.594. The molecule has 1 aromatic heterocycles. The Morgan fingerprint density at radius 1 is 1.18 bits per heavy atom. The molecule has 1 aliphatic heterocycles. The van der Waals surface area contributed by atoms with Gasteiger partial charge in [0.25, 0.3) is 0 Å². The number of likely N-dealkylation sites (tertiary alicyclic amines) is 1. The first-order valence-corrected chi connectivity index (χ1v) is 11.5. The summed E-state index contributed by atoms with van der Waals surface area (Å²) in [6, 6.07) is 6.38. The minimum Gasteiger partial charge on any atom is -0.461 e. The van der Waals surface area contributed by atoms with Crippen molar-refractivity contribution in [2.75, 3.05) is 19.7 Å². The zero-order valence-electron chi connectivity index (χ0n) is 19.5. The van der Waals surface area contributed by atoms with Crippen LogP contribution in [-0.2, 0) is 27.3 Å². The third-order valence-corrected chi connectivity index (χ3v) is 6.29. The number of esters is 1. The van der Waals surface area contributed by atoms with Crippen LogP contribution in [0.4, 0.5) is 4.39 Å². The highest BCUT2D eigenvalue weighted by Gasteiger charge is 2.27. The lowest BCUT2D eigenvalue weighted by Gasteiger charge is -2.31.